The summed E-state index contributed by atoms with van der Waals surface area (Å²) in [5.74, 6) is -0.343. The molecule has 0 fully saturated rings. The second-order valence-corrected chi connectivity index (χ2v) is 8.58. The number of nitrogens with zero attached hydrogens (tertiary/aromatic N) is 7. The normalized spacial score (nSPS) is 15.2. The first kappa shape index (κ1) is 21.7. The molecular weight excluding hydrogens is 454 g/mol. The first-order valence-electron chi connectivity index (χ1n) is 11.7. The van der Waals surface area contributed by atoms with Gasteiger partial charge >= 0.3 is 0 Å². The van der Waals surface area contributed by atoms with Crippen molar-refractivity contribution in [1.29, 1.82) is 0 Å². The zero-order chi connectivity index (χ0) is 24.3. The molecule has 10 heteroatoms. The molecule has 0 radical (unpaired) electrons. The van der Waals surface area contributed by atoms with E-state index in [1.54, 1.807) is 23.3 Å². The van der Waals surface area contributed by atoms with Crippen molar-refractivity contribution in [3.05, 3.63) is 91.2 Å². The number of H-pyrrole nitrogens is 1. The molecule has 178 valence electrons. The number of fused-ring (bicyclic) bond motifs is 1. The SMILES string of the molecule is O=C(Nc1cnn(CCc2ccncc2)c1)C1C=CC(n2cc(-c3n[nH]c4ccccc34)nn2)=CC1. The molecule has 0 aliphatic heterocycles. The van der Waals surface area contributed by atoms with Crippen molar-refractivity contribution in [2.24, 2.45) is 5.92 Å². The summed E-state index contributed by atoms with van der Waals surface area (Å²) in [7, 11) is 0. The van der Waals surface area contributed by atoms with Crippen molar-refractivity contribution >= 4 is 28.2 Å². The van der Waals surface area contributed by atoms with Crippen LogP contribution in [0.1, 0.15) is 12.0 Å². The van der Waals surface area contributed by atoms with Gasteiger partial charge in [-0.25, -0.2) is 4.68 Å². The molecule has 5 aromatic rings. The molecule has 0 spiro atoms. The lowest BCUT2D eigenvalue weighted by atomic mass is 9.98. The molecule has 4 heterocycles. The Morgan fingerprint density at radius 1 is 1.14 bits per heavy atom. The largest absolute Gasteiger partial charge is 0.323 e. The van der Waals surface area contributed by atoms with Gasteiger partial charge in [-0.1, -0.05) is 35.6 Å². The van der Waals surface area contributed by atoms with Crippen molar-refractivity contribution in [3.63, 3.8) is 0 Å². The quantitative estimate of drug-likeness (QED) is 0.369. The Kier molecular flexibility index (Phi) is 5.66. The molecular formula is C26H23N9O. The Morgan fingerprint density at radius 3 is 2.89 bits per heavy atom. The summed E-state index contributed by atoms with van der Waals surface area (Å²) in [5.41, 5.74) is 5.13. The van der Waals surface area contributed by atoms with Crippen molar-refractivity contribution < 1.29 is 4.79 Å². The second kappa shape index (κ2) is 9.41. The fourth-order valence-electron chi connectivity index (χ4n) is 4.21. The van der Waals surface area contributed by atoms with E-state index in [0.717, 1.165) is 35.3 Å². The van der Waals surface area contributed by atoms with Crippen LogP contribution in [0.25, 0.3) is 28.0 Å². The zero-order valence-electron chi connectivity index (χ0n) is 19.3. The standard InChI is InChI=1S/C26H23N9O/c36-26(29-20-15-28-34(16-20)14-11-18-9-12-27-13-10-18)19-5-7-21(8-6-19)35-17-24(31-33-35)25-22-3-1-2-4-23(22)30-32-25/h1-5,7-10,12-13,15-17,19H,6,11,14H2,(H,29,36)(H,30,32). The number of nitrogens with one attached hydrogen (secondary N) is 2. The molecule has 1 aliphatic carbocycles. The summed E-state index contributed by atoms with van der Waals surface area (Å²) in [4.78, 5) is 16.8. The van der Waals surface area contributed by atoms with E-state index in [1.807, 2.05) is 71.7 Å². The Labute approximate surface area is 206 Å². The van der Waals surface area contributed by atoms with E-state index in [9.17, 15) is 4.79 Å². The molecule has 2 N–H and O–H groups in total. The van der Waals surface area contributed by atoms with Crippen LogP contribution in [0.3, 0.4) is 0 Å². The van der Waals surface area contributed by atoms with Gasteiger partial charge in [-0.05, 0) is 42.7 Å². The molecule has 36 heavy (non-hydrogen) atoms. The number of allylic oxidation sites excluding steroid dienone is 3. The Bertz CT molecular complexity index is 1580. The van der Waals surface area contributed by atoms with Crippen LogP contribution in [0.4, 0.5) is 5.69 Å². The van der Waals surface area contributed by atoms with Crippen LogP contribution in [0, 0.1) is 5.92 Å². The number of aromatic amines is 1. The smallest absolute Gasteiger partial charge is 0.231 e. The number of pyridine rings is 1. The highest BCUT2D eigenvalue weighted by molar-refractivity contribution is 5.94. The number of amides is 1. The molecule has 6 rings (SSSR count). The maximum atomic E-state index is 12.8. The maximum absolute atomic E-state index is 12.8. The number of hydrogen-bond donors (Lipinski definition) is 2. The molecule has 10 nitrogen and oxygen atoms in total. The molecule has 4 aromatic heterocycles. The van der Waals surface area contributed by atoms with Gasteiger partial charge in [-0.15, -0.1) is 5.10 Å². The Hall–Kier alpha value is -4.86. The lowest BCUT2D eigenvalue weighted by Crippen LogP contribution is -2.22. The van der Waals surface area contributed by atoms with E-state index in [1.165, 1.54) is 5.56 Å². The number of aryl methyl sites for hydroxylation is 2. The van der Waals surface area contributed by atoms with E-state index in [4.69, 9.17) is 0 Å². The monoisotopic (exact) mass is 477 g/mol. The summed E-state index contributed by atoms with van der Waals surface area (Å²) in [6, 6.07) is 11.9. The third kappa shape index (κ3) is 4.43. The molecule has 1 unspecified atom stereocenters. The lowest BCUT2D eigenvalue weighted by Gasteiger charge is -2.15. The molecule has 1 aliphatic rings. The van der Waals surface area contributed by atoms with E-state index in [-0.39, 0.29) is 11.8 Å². The number of rotatable bonds is 7. The average molecular weight is 478 g/mol. The van der Waals surface area contributed by atoms with Crippen LogP contribution >= 0.6 is 0 Å². The van der Waals surface area contributed by atoms with Gasteiger partial charge in [0.2, 0.25) is 5.91 Å². The zero-order valence-corrected chi connectivity index (χ0v) is 19.3. The fraction of sp³-hybridized carbons (Fsp3) is 0.154. The average Bonchev–Trinajstić information content (AvgIpc) is 3.68. The summed E-state index contributed by atoms with van der Waals surface area (Å²) in [5, 5.41) is 24.3. The van der Waals surface area contributed by atoms with Crippen molar-refractivity contribution in [2.45, 2.75) is 19.4 Å². The van der Waals surface area contributed by atoms with Crippen LogP contribution in [-0.2, 0) is 17.8 Å². The Balaban J connectivity index is 1.06. The van der Waals surface area contributed by atoms with Crippen LogP contribution in [-0.4, -0.2) is 45.9 Å². The molecule has 0 bridgehead atoms. The van der Waals surface area contributed by atoms with Crippen molar-refractivity contribution in [3.8, 4) is 11.4 Å². The summed E-state index contributed by atoms with van der Waals surface area (Å²) < 4.78 is 3.53. The summed E-state index contributed by atoms with van der Waals surface area (Å²) >= 11 is 0. The van der Waals surface area contributed by atoms with Gasteiger partial charge in [-0.2, -0.15) is 10.2 Å². The van der Waals surface area contributed by atoms with Crippen LogP contribution in [0.15, 0.2) is 85.6 Å². The minimum Gasteiger partial charge on any atom is -0.323 e. The third-order valence-corrected chi connectivity index (χ3v) is 6.17. The van der Waals surface area contributed by atoms with E-state index < -0.39 is 0 Å². The summed E-state index contributed by atoms with van der Waals surface area (Å²) in [6.07, 6.45) is 16.1. The molecule has 0 saturated heterocycles. The summed E-state index contributed by atoms with van der Waals surface area (Å²) in [6.45, 7) is 0.725. The number of anilines is 1. The highest BCUT2D eigenvalue weighted by Crippen LogP contribution is 2.26. The third-order valence-electron chi connectivity index (χ3n) is 6.17. The number of carbonyl (C=O) groups is 1. The number of aromatic nitrogens is 8. The number of para-hydroxylation sites is 1. The first-order valence-corrected chi connectivity index (χ1v) is 11.7. The number of hydrogen-bond acceptors (Lipinski definition) is 6. The molecule has 1 aromatic carbocycles. The molecule has 1 amide bonds. The molecule has 0 saturated carbocycles. The fourth-order valence-corrected chi connectivity index (χ4v) is 4.21. The van der Waals surface area contributed by atoms with Gasteiger partial charge in [0.25, 0.3) is 0 Å². The number of benzene rings is 1. The van der Waals surface area contributed by atoms with Crippen molar-refractivity contribution in [1.82, 2.24) is 40.0 Å². The van der Waals surface area contributed by atoms with E-state index in [2.05, 4.69) is 35.9 Å². The van der Waals surface area contributed by atoms with Crippen LogP contribution in [0.5, 0.6) is 0 Å². The Morgan fingerprint density at radius 2 is 2.03 bits per heavy atom. The predicted molar refractivity (Wildman–Crippen MR) is 135 cm³/mol. The van der Waals surface area contributed by atoms with Gasteiger partial charge < -0.3 is 5.32 Å². The van der Waals surface area contributed by atoms with Crippen LogP contribution < -0.4 is 5.32 Å². The predicted octanol–water partition coefficient (Wildman–Crippen LogP) is 3.71. The second-order valence-electron chi connectivity index (χ2n) is 8.58. The highest BCUT2D eigenvalue weighted by atomic mass is 16.1. The van der Waals surface area contributed by atoms with Gasteiger partial charge in [-0.3, -0.25) is 19.6 Å². The lowest BCUT2D eigenvalue weighted by molar-refractivity contribution is -0.118. The van der Waals surface area contributed by atoms with Crippen molar-refractivity contribution in [2.75, 3.05) is 5.32 Å². The topological polar surface area (TPSA) is 119 Å². The highest BCUT2D eigenvalue weighted by Gasteiger charge is 2.20. The van der Waals surface area contributed by atoms with E-state index in [0.29, 0.717) is 17.8 Å². The maximum Gasteiger partial charge on any atom is 0.231 e. The van der Waals surface area contributed by atoms with Crippen LogP contribution in [0.2, 0.25) is 0 Å². The minimum atomic E-state index is -0.271. The first-order chi connectivity index (χ1) is 17.7. The van der Waals surface area contributed by atoms with Gasteiger partial charge in [0.05, 0.1) is 35.2 Å². The molecule has 1 atom stereocenters. The van der Waals surface area contributed by atoms with Gasteiger partial charge in [0.1, 0.15) is 11.4 Å². The number of carbonyl (C=O) groups excluding carboxylic acids is 1. The van der Waals surface area contributed by atoms with Gasteiger partial charge in [0.15, 0.2) is 0 Å². The minimum absolute atomic E-state index is 0.0718. The van der Waals surface area contributed by atoms with Gasteiger partial charge in [0, 0.05) is 30.5 Å². The van der Waals surface area contributed by atoms with E-state index >= 15 is 0 Å².